The summed E-state index contributed by atoms with van der Waals surface area (Å²) in [5.41, 5.74) is 2.51. The lowest BCUT2D eigenvalue weighted by Crippen LogP contribution is -2.32. The van der Waals surface area contributed by atoms with E-state index in [1.165, 1.54) is 7.11 Å². The van der Waals surface area contributed by atoms with Crippen LogP contribution in [0.3, 0.4) is 0 Å². The highest BCUT2D eigenvalue weighted by Gasteiger charge is 2.25. The summed E-state index contributed by atoms with van der Waals surface area (Å²) in [5, 5.41) is 3.82. The number of carbonyl (C=O) groups is 1. The quantitative estimate of drug-likeness (QED) is 0.536. The Balaban J connectivity index is 1.74. The van der Waals surface area contributed by atoms with Crippen LogP contribution >= 0.6 is 11.6 Å². The normalized spacial score (nSPS) is 12.8. The van der Waals surface area contributed by atoms with Crippen LogP contribution in [0.15, 0.2) is 72.9 Å². The highest BCUT2D eigenvalue weighted by Crippen LogP contribution is 2.27. The molecule has 5 nitrogen and oxygen atoms in total. The van der Waals surface area contributed by atoms with Gasteiger partial charge < -0.3 is 9.47 Å². The van der Waals surface area contributed by atoms with Gasteiger partial charge in [0.1, 0.15) is 18.4 Å². The molecule has 0 aliphatic rings. The number of pyridine rings is 1. The van der Waals surface area contributed by atoms with Crippen LogP contribution in [-0.2, 0) is 16.1 Å². The van der Waals surface area contributed by atoms with E-state index in [0.29, 0.717) is 17.2 Å². The van der Waals surface area contributed by atoms with Crippen molar-refractivity contribution in [1.82, 2.24) is 10.3 Å². The van der Waals surface area contributed by atoms with Crippen molar-refractivity contribution in [3.05, 3.63) is 94.8 Å². The van der Waals surface area contributed by atoms with E-state index in [2.05, 4.69) is 10.3 Å². The predicted octanol–water partition coefficient (Wildman–Crippen LogP) is 4.88. The molecule has 0 fully saturated rings. The lowest BCUT2D eigenvalue weighted by molar-refractivity contribution is -0.143. The standard InChI is InChI=1S/C23H23ClN2O3/c1-16(26-22(23(27)28-2)20-11-3-4-12-21(20)24)17-8-7-10-19(14-17)29-15-18-9-5-6-13-25-18/h3-14,16,22,26H,15H2,1-2H3. The van der Waals surface area contributed by atoms with E-state index in [9.17, 15) is 4.79 Å². The molecule has 0 saturated carbocycles. The van der Waals surface area contributed by atoms with Gasteiger partial charge in [0.25, 0.3) is 0 Å². The topological polar surface area (TPSA) is 60.5 Å². The van der Waals surface area contributed by atoms with Crippen molar-refractivity contribution >= 4 is 17.6 Å². The second-order valence-corrected chi connectivity index (χ2v) is 6.96. The molecule has 0 saturated heterocycles. The summed E-state index contributed by atoms with van der Waals surface area (Å²) in [5.74, 6) is 0.335. The second kappa shape index (κ2) is 10.0. The molecular weight excluding hydrogens is 388 g/mol. The maximum absolute atomic E-state index is 12.4. The smallest absolute Gasteiger partial charge is 0.327 e. The van der Waals surface area contributed by atoms with Crippen molar-refractivity contribution in [3.63, 3.8) is 0 Å². The Labute approximate surface area is 175 Å². The Bertz CT molecular complexity index is 950. The van der Waals surface area contributed by atoms with Crippen molar-refractivity contribution in [2.75, 3.05) is 7.11 Å². The molecule has 0 amide bonds. The van der Waals surface area contributed by atoms with Crippen molar-refractivity contribution < 1.29 is 14.3 Å². The summed E-state index contributed by atoms with van der Waals surface area (Å²) in [6.45, 7) is 2.36. The zero-order valence-corrected chi connectivity index (χ0v) is 17.1. The molecule has 1 N–H and O–H groups in total. The van der Waals surface area contributed by atoms with Crippen LogP contribution in [0.25, 0.3) is 0 Å². The Morgan fingerprint density at radius 1 is 1.10 bits per heavy atom. The van der Waals surface area contributed by atoms with Crippen LogP contribution < -0.4 is 10.1 Å². The molecule has 6 heteroatoms. The summed E-state index contributed by atoms with van der Waals surface area (Å²) in [6, 6.07) is 19.9. The number of rotatable bonds is 8. The highest BCUT2D eigenvalue weighted by atomic mass is 35.5. The van der Waals surface area contributed by atoms with E-state index in [1.54, 1.807) is 12.3 Å². The molecule has 2 atom stereocenters. The molecule has 0 bridgehead atoms. The fourth-order valence-electron chi connectivity index (χ4n) is 2.97. The molecule has 2 aromatic carbocycles. The minimum atomic E-state index is -0.679. The second-order valence-electron chi connectivity index (χ2n) is 6.55. The van der Waals surface area contributed by atoms with Gasteiger partial charge in [-0.1, -0.05) is 48.0 Å². The van der Waals surface area contributed by atoms with Gasteiger partial charge in [0.15, 0.2) is 0 Å². The first-order valence-electron chi connectivity index (χ1n) is 9.29. The van der Waals surface area contributed by atoms with Gasteiger partial charge in [0, 0.05) is 17.3 Å². The third-order valence-electron chi connectivity index (χ3n) is 4.54. The van der Waals surface area contributed by atoms with Crippen LogP contribution in [0.2, 0.25) is 5.02 Å². The fraction of sp³-hybridized carbons (Fsp3) is 0.217. The van der Waals surface area contributed by atoms with Crippen molar-refractivity contribution in [3.8, 4) is 5.75 Å². The maximum atomic E-state index is 12.4. The number of benzene rings is 2. The molecular formula is C23H23ClN2O3. The van der Waals surface area contributed by atoms with Gasteiger partial charge in [0.05, 0.1) is 12.8 Å². The largest absolute Gasteiger partial charge is 0.487 e. The van der Waals surface area contributed by atoms with Gasteiger partial charge in [-0.2, -0.15) is 0 Å². The van der Waals surface area contributed by atoms with Gasteiger partial charge in [-0.05, 0) is 48.4 Å². The molecule has 0 spiro atoms. The number of methoxy groups -OCH3 is 1. The maximum Gasteiger partial charge on any atom is 0.327 e. The summed E-state index contributed by atoms with van der Waals surface area (Å²) in [7, 11) is 1.37. The Kier molecular flexibility index (Phi) is 7.22. The lowest BCUT2D eigenvalue weighted by Gasteiger charge is -2.23. The number of ether oxygens (including phenoxy) is 2. The molecule has 0 aliphatic heterocycles. The van der Waals surface area contributed by atoms with Gasteiger partial charge in [-0.3, -0.25) is 10.3 Å². The zero-order valence-electron chi connectivity index (χ0n) is 16.3. The summed E-state index contributed by atoms with van der Waals surface area (Å²) >= 11 is 6.30. The van der Waals surface area contributed by atoms with Crippen molar-refractivity contribution in [1.29, 1.82) is 0 Å². The van der Waals surface area contributed by atoms with E-state index in [1.807, 2.05) is 67.6 Å². The number of halogens is 1. The zero-order chi connectivity index (χ0) is 20.6. The molecule has 2 unspecified atom stereocenters. The number of esters is 1. The number of aromatic nitrogens is 1. The third-order valence-corrected chi connectivity index (χ3v) is 4.88. The first kappa shape index (κ1) is 20.8. The third kappa shape index (κ3) is 5.56. The van der Waals surface area contributed by atoms with Gasteiger partial charge in [-0.15, -0.1) is 0 Å². The fourth-order valence-corrected chi connectivity index (χ4v) is 3.22. The molecule has 29 heavy (non-hydrogen) atoms. The van der Waals surface area contributed by atoms with Crippen LogP contribution in [0.1, 0.15) is 35.8 Å². The number of hydrogen-bond acceptors (Lipinski definition) is 5. The Morgan fingerprint density at radius 3 is 2.62 bits per heavy atom. The Morgan fingerprint density at radius 2 is 1.90 bits per heavy atom. The van der Waals surface area contributed by atoms with E-state index >= 15 is 0 Å². The van der Waals surface area contributed by atoms with E-state index < -0.39 is 12.0 Å². The number of nitrogens with one attached hydrogen (secondary N) is 1. The molecule has 0 aliphatic carbocycles. The van der Waals surface area contributed by atoms with Gasteiger partial charge >= 0.3 is 5.97 Å². The molecule has 3 aromatic rings. The number of hydrogen-bond donors (Lipinski definition) is 1. The SMILES string of the molecule is COC(=O)C(NC(C)c1cccc(OCc2ccccn2)c1)c1ccccc1Cl. The van der Waals surface area contributed by atoms with Gasteiger partial charge in [0.2, 0.25) is 0 Å². The summed E-state index contributed by atoms with van der Waals surface area (Å²) < 4.78 is 10.8. The van der Waals surface area contributed by atoms with Crippen molar-refractivity contribution in [2.45, 2.75) is 25.6 Å². The monoisotopic (exact) mass is 410 g/mol. The minimum absolute atomic E-state index is 0.145. The molecule has 1 heterocycles. The van der Waals surface area contributed by atoms with E-state index in [4.69, 9.17) is 21.1 Å². The van der Waals surface area contributed by atoms with Crippen LogP contribution in [0.5, 0.6) is 5.75 Å². The predicted molar refractivity (Wildman–Crippen MR) is 113 cm³/mol. The van der Waals surface area contributed by atoms with Gasteiger partial charge in [-0.25, -0.2) is 4.79 Å². The Hall–Kier alpha value is -2.89. The first-order chi connectivity index (χ1) is 14.1. The van der Waals surface area contributed by atoms with Crippen LogP contribution in [0.4, 0.5) is 0 Å². The molecule has 150 valence electrons. The number of nitrogens with zero attached hydrogens (tertiary/aromatic N) is 1. The van der Waals surface area contributed by atoms with Crippen LogP contribution in [-0.4, -0.2) is 18.1 Å². The van der Waals surface area contributed by atoms with E-state index in [0.717, 1.165) is 17.0 Å². The average Bonchev–Trinajstić information content (AvgIpc) is 2.77. The first-order valence-corrected chi connectivity index (χ1v) is 9.67. The molecule has 1 aromatic heterocycles. The lowest BCUT2D eigenvalue weighted by atomic mass is 10.0. The average molecular weight is 411 g/mol. The minimum Gasteiger partial charge on any atom is -0.487 e. The molecule has 3 rings (SSSR count). The summed E-state index contributed by atoms with van der Waals surface area (Å²) in [4.78, 5) is 16.6. The molecule has 0 radical (unpaired) electrons. The highest BCUT2D eigenvalue weighted by molar-refractivity contribution is 6.31. The van der Waals surface area contributed by atoms with E-state index in [-0.39, 0.29) is 6.04 Å². The number of carbonyl (C=O) groups excluding carboxylic acids is 1. The van der Waals surface area contributed by atoms with Crippen LogP contribution in [0, 0.1) is 0 Å². The summed E-state index contributed by atoms with van der Waals surface area (Å²) in [6.07, 6.45) is 1.74. The van der Waals surface area contributed by atoms with Crippen molar-refractivity contribution in [2.24, 2.45) is 0 Å².